The summed E-state index contributed by atoms with van der Waals surface area (Å²) >= 11 is 0. The van der Waals surface area contributed by atoms with E-state index in [9.17, 15) is 4.79 Å². The zero-order valence-electron chi connectivity index (χ0n) is 8.72. The van der Waals surface area contributed by atoms with E-state index < -0.39 is 5.97 Å². The van der Waals surface area contributed by atoms with E-state index in [1.807, 2.05) is 19.2 Å². The highest BCUT2D eigenvalue weighted by Gasteiger charge is 2.35. The van der Waals surface area contributed by atoms with Gasteiger partial charge in [0.25, 0.3) is 0 Å². The lowest BCUT2D eigenvalue weighted by Crippen LogP contribution is -2.21. The number of hydrogen-bond donors (Lipinski definition) is 1. The van der Waals surface area contributed by atoms with E-state index in [4.69, 9.17) is 9.52 Å². The van der Waals surface area contributed by atoms with E-state index >= 15 is 0 Å². The minimum Gasteiger partial charge on any atom is -0.481 e. The van der Waals surface area contributed by atoms with E-state index in [2.05, 4.69) is 4.90 Å². The summed E-state index contributed by atoms with van der Waals surface area (Å²) in [5.41, 5.74) is 0. The second-order valence-corrected chi connectivity index (χ2v) is 4.09. The Kier molecular flexibility index (Phi) is 2.77. The van der Waals surface area contributed by atoms with Crippen LogP contribution < -0.4 is 0 Å². The summed E-state index contributed by atoms with van der Waals surface area (Å²) in [6.45, 7) is 0.934. The molecule has 0 aliphatic carbocycles. The van der Waals surface area contributed by atoms with E-state index in [1.165, 1.54) is 0 Å². The number of carboxylic acid groups (broad SMARTS) is 1. The molecule has 82 valence electrons. The molecule has 1 saturated heterocycles. The molecular weight excluding hydrogens is 194 g/mol. The van der Waals surface area contributed by atoms with Crippen LogP contribution in [0.15, 0.2) is 22.8 Å². The third-order valence-corrected chi connectivity index (χ3v) is 3.05. The van der Waals surface area contributed by atoms with Gasteiger partial charge in [-0.3, -0.25) is 9.69 Å². The predicted molar refractivity (Wildman–Crippen MR) is 54.4 cm³/mol. The number of carboxylic acids is 1. The third kappa shape index (κ3) is 2.04. The van der Waals surface area contributed by atoms with Gasteiger partial charge in [0.1, 0.15) is 5.76 Å². The first-order valence-electron chi connectivity index (χ1n) is 5.14. The largest absolute Gasteiger partial charge is 0.481 e. The van der Waals surface area contributed by atoms with Gasteiger partial charge in [-0.1, -0.05) is 0 Å². The van der Waals surface area contributed by atoms with Crippen molar-refractivity contribution in [1.82, 2.24) is 4.90 Å². The van der Waals surface area contributed by atoms with Crippen molar-refractivity contribution in [2.24, 2.45) is 5.92 Å². The zero-order chi connectivity index (χ0) is 10.8. The van der Waals surface area contributed by atoms with Gasteiger partial charge in [-0.15, -0.1) is 0 Å². The molecule has 0 aromatic carbocycles. The zero-order valence-corrected chi connectivity index (χ0v) is 8.72. The molecule has 4 heteroatoms. The average Bonchev–Trinajstić information content (AvgIpc) is 2.74. The molecule has 1 N–H and O–H groups in total. The molecule has 2 rings (SSSR count). The van der Waals surface area contributed by atoms with Crippen molar-refractivity contribution in [2.45, 2.75) is 18.9 Å². The first-order valence-corrected chi connectivity index (χ1v) is 5.14. The third-order valence-electron chi connectivity index (χ3n) is 3.05. The van der Waals surface area contributed by atoms with Gasteiger partial charge < -0.3 is 9.52 Å². The molecule has 1 aromatic heterocycles. The van der Waals surface area contributed by atoms with Crippen molar-refractivity contribution in [1.29, 1.82) is 0 Å². The van der Waals surface area contributed by atoms with Gasteiger partial charge >= 0.3 is 5.97 Å². The predicted octanol–water partition coefficient (Wildman–Crippen LogP) is 1.75. The van der Waals surface area contributed by atoms with Crippen molar-refractivity contribution in [3.8, 4) is 0 Å². The van der Waals surface area contributed by atoms with Gasteiger partial charge in [0, 0.05) is 0 Å². The first-order chi connectivity index (χ1) is 7.18. The Morgan fingerprint density at radius 1 is 1.73 bits per heavy atom. The smallest absolute Gasteiger partial charge is 0.303 e. The van der Waals surface area contributed by atoms with E-state index in [0.29, 0.717) is 0 Å². The van der Waals surface area contributed by atoms with Gasteiger partial charge in [0.05, 0.1) is 18.7 Å². The molecule has 1 aliphatic heterocycles. The van der Waals surface area contributed by atoms with Crippen molar-refractivity contribution >= 4 is 5.97 Å². The second-order valence-electron chi connectivity index (χ2n) is 4.09. The van der Waals surface area contributed by atoms with Crippen LogP contribution in [-0.4, -0.2) is 29.6 Å². The summed E-state index contributed by atoms with van der Waals surface area (Å²) < 4.78 is 5.37. The van der Waals surface area contributed by atoms with Gasteiger partial charge in [-0.25, -0.2) is 0 Å². The monoisotopic (exact) mass is 209 g/mol. The molecule has 15 heavy (non-hydrogen) atoms. The number of carbonyl (C=O) groups is 1. The highest BCUT2D eigenvalue weighted by atomic mass is 16.4. The van der Waals surface area contributed by atoms with Gasteiger partial charge in [-0.05, 0) is 38.1 Å². The van der Waals surface area contributed by atoms with Crippen molar-refractivity contribution < 1.29 is 14.3 Å². The molecule has 0 unspecified atom stereocenters. The Balaban J connectivity index is 2.15. The van der Waals surface area contributed by atoms with Crippen molar-refractivity contribution in [3.63, 3.8) is 0 Å². The number of rotatable bonds is 3. The Hall–Kier alpha value is -1.29. The standard InChI is InChI=1S/C11H15NO3/c1-12-5-4-8(7-10(13)14)11(12)9-3-2-6-15-9/h2-3,6,8,11H,4-5,7H2,1H3,(H,13,14)/t8-,11+/m0/s1. The Bertz CT molecular complexity index is 334. The topological polar surface area (TPSA) is 53.7 Å². The molecule has 2 heterocycles. The molecule has 0 saturated carbocycles. The lowest BCUT2D eigenvalue weighted by molar-refractivity contribution is -0.138. The Morgan fingerprint density at radius 2 is 2.53 bits per heavy atom. The van der Waals surface area contributed by atoms with Crippen LogP contribution in [0.4, 0.5) is 0 Å². The summed E-state index contributed by atoms with van der Waals surface area (Å²) in [7, 11) is 2.01. The molecular formula is C11H15NO3. The fourth-order valence-corrected chi connectivity index (χ4v) is 2.37. The minimum atomic E-state index is -0.730. The fourth-order valence-electron chi connectivity index (χ4n) is 2.37. The Labute approximate surface area is 88.5 Å². The van der Waals surface area contributed by atoms with Gasteiger partial charge in [0.2, 0.25) is 0 Å². The van der Waals surface area contributed by atoms with Crippen LogP contribution in [0.25, 0.3) is 0 Å². The maximum atomic E-state index is 10.7. The molecule has 0 amide bonds. The molecule has 1 aromatic rings. The number of furan rings is 1. The number of aliphatic carboxylic acids is 1. The molecule has 1 fully saturated rings. The van der Waals surface area contributed by atoms with Crippen molar-refractivity contribution in [3.05, 3.63) is 24.2 Å². The quantitative estimate of drug-likeness (QED) is 0.824. The van der Waals surface area contributed by atoms with Crippen LogP contribution in [0.3, 0.4) is 0 Å². The maximum absolute atomic E-state index is 10.7. The maximum Gasteiger partial charge on any atom is 0.303 e. The first kappa shape index (κ1) is 10.2. The molecule has 0 radical (unpaired) electrons. The molecule has 4 nitrogen and oxygen atoms in total. The summed E-state index contributed by atoms with van der Waals surface area (Å²) in [4.78, 5) is 12.9. The fraction of sp³-hybridized carbons (Fsp3) is 0.545. The normalized spacial score (nSPS) is 27.0. The van der Waals surface area contributed by atoms with Gasteiger partial charge in [0.15, 0.2) is 0 Å². The van der Waals surface area contributed by atoms with E-state index in [0.717, 1.165) is 18.7 Å². The van der Waals surface area contributed by atoms with Crippen LogP contribution in [0.2, 0.25) is 0 Å². The molecule has 0 spiro atoms. The highest BCUT2D eigenvalue weighted by molar-refractivity contribution is 5.67. The van der Waals surface area contributed by atoms with Crippen LogP contribution in [0.5, 0.6) is 0 Å². The number of likely N-dealkylation sites (tertiary alicyclic amines) is 1. The molecule has 2 atom stereocenters. The lowest BCUT2D eigenvalue weighted by Gasteiger charge is -2.21. The van der Waals surface area contributed by atoms with Crippen molar-refractivity contribution in [2.75, 3.05) is 13.6 Å². The van der Waals surface area contributed by atoms with E-state index in [-0.39, 0.29) is 18.4 Å². The highest BCUT2D eigenvalue weighted by Crippen LogP contribution is 2.38. The number of hydrogen-bond acceptors (Lipinski definition) is 3. The summed E-state index contributed by atoms with van der Waals surface area (Å²) in [6, 6.07) is 3.89. The van der Waals surface area contributed by atoms with Crippen LogP contribution in [0.1, 0.15) is 24.6 Å². The second kappa shape index (κ2) is 4.06. The SMILES string of the molecule is CN1CC[C@@H](CC(=O)O)[C@@H]1c1ccco1. The van der Waals surface area contributed by atoms with Crippen LogP contribution in [-0.2, 0) is 4.79 Å². The van der Waals surface area contributed by atoms with Gasteiger partial charge in [-0.2, -0.15) is 0 Å². The Morgan fingerprint density at radius 3 is 3.13 bits per heavy atom. The average molecular weight is 209 g/mol. The molecule has 0 bridgehead atoms. The van der Waals surface area contributed by atoms with Crippen LogP contribution in [0, 0.1) is 5.92 Å². The summed E-state index contributed by atoms with van der Waals surface area (Å²) in [5, 5.41) is 8.83. The number of nitrogens with zero attached hydrogens (tertiary/aromatic N) is 1. The molecule has 1 aliphatic rings. The minimum absolute atomic E-state index is 0.121. The summed E-state index contributed by atoms with van der Waals surface area (Å²) in [6.07, 6.45) is 2.78. The summed E-state index contributed by atoms with van der Waals surface area (Å²) in [5.74, 6) is 0.312. The van der Waals surface area contributed by atoms with Crippen LogP contribution >= 0.6 is 0 Å². The lowest BCUT2D eigenvalue weighted by atomic mass is 9.95. The van der Waals surface area contributed by atoms with E-state index in [1.54, 1.807) is 6.26 Å².